The summed E-state index contributed by atoms with van der Waals surface area (Å²) < 4.78 is 0. The summed E-state index contributed by atoms with van der Waals surface area (Å²) in [6.45, 7) is 0. The van der Waals surface area contributed by atoms with Crippen molar-refractivity contribution in [2.75, 3.05) is 7.11 Å². The van der Waals surface area contributed by atoms with Crippen LogP contribution in [0.15, 0.2) is 24.3 Å². The molecule has 1 aromatic rings. The maximum atomic E-state index is 5.56. The predicted molar refractivity (Wildman–Crippen MR) is 54.9 cm³/mol. The van der Waals surface area contributed by atoms with E-state index in [1.165, 1.54) is 7.11 Å². The number of benzene rings is 1. The van der Waals surface area contributed by atoms with Gasteiger partial charge in [-0.05, 0) is 18.2 Å². The summed E-state index contributed by atoms with van der Waals surface area (Å²) in [6.07, 6.45) is 0. The Labute approximate surface area is 88.0 Å². The highest BCUT2D eigenvalue weighted by Gasteiger charge is 1.84. The number of nitrogens with two attached hydrogens (primary N) is 1. The molecule has 0 atom stereocenters. The highest BCUT2D eigenvalue weighted by atomic mass is 35.5. The molecule has 0 spiro atoms. The van der Waals surface area contributed by atoms with Crippen LogP contribution in [0.4, 0.5) is 0 Å². The highest BCUT2D eigenvalue weighted by molar-refractivity contribution is 6.34. The van der Waals surface area contributed by atoms with Gasteiger partial charge in [-0.15, -0.1) is 12.4 Å². The van der Waals surface area contributed by atoms with Gasteiger partial charge in [0.2, 0.25) is 0 Å². The first-order valence-corrected chi connectivity index (χ1v) is 3.60. The van der Waals surface area contributed by atoms with Crippen LogP contribution in [-0.2, 0) is 4.84 Å². The Kier molecular flexibility index (Phi) is 11.0. The van der Waals surface area contributed by atoms with Gasteiger partial charge in [-0.1, -0.05) is 29.3 Å². The van der Waals surface area contributed by atoms with E-state index in [9.17, 15) is 0 Å². The zero-order valence-electron chi connectivity index (χ0n) is 6.46. The molecule has 0 aromatic heterocycles. The van der Waals surface area contributed by atoms with Gasteiger partial charge in [-0.2, -0.15) is 0 Å². The van der Waals surface area contributed by atoms with Gasteiger partial charge in [0, 0.05) is 10.0 Å². The van der Waals surface area contributed by atoms with Gasteiger partial charge in [-0.25, -0.2) is 5.90 Å². The van der Waals surface area contributed by atoms with Gasteiger partial charge < -0.3 is 4.84 Å². The van der Waals surface area contributed by atoms with E-state index in [2.05, 4.69) is 10.7 Å². The molecular weight excluding hydrogens is 220 g/mol. The molecule has 0 saturated carbocycles. The molecule has 0 fully saturated rings. The summed E-state index contributed by atoms with van der Waals surface area (Å²) in [5, 5.41) is 1.36. The molecule has 1 rings (SSSR count). The molecule has 0 aliphatic rings. The largest absolute Gasteiger partial charge is 0.308 e. The van der Waals surface area contributed by atoms with Crippen molar-refractivity contribution in [3.05, 3.63) is 34.3 Å². The van der Waals surface area contributed by atoms with Crippen LogP contribution in [0.5, 0.6) is 0 Å². The zero-order chi connectivity index (χ0) is 8.69. The number of halogens is 3. The van der Waals surface area contributed by atoms with Crippen molar-refractivity contribution in [2.45, 2.75) is 0 Å². The Balaban J connectivity index is 0. The predicted octanol–water partition coefficient (Wildman–Crippen LogP) is 2.92. The second kappa shape index (κ2) is 9.10. The first-order chi connectivity index (χ1) is 5.20. The molecule has 2 N–H and O–H groups in total. The lowest BCUT2D eigenvalue weighted by atomic mass is 10.4. The van der Waals surface area contributed by atoms with E-state index in [0.29, 0.717) is 10.0 Å². The second-order valence-electron chi connectivity index (χ2n) is 1.68. The Morgan fingerprint density at radius 1 is 1.25 bits per heavy atom. The van der Waals surface area contributed by atoms with Crippen LogP contribution >= 0.6 is 35.6 Å². The van der Waals surface area contributed by atoms with Crippen molar-refractivity contribution in [3.63, 3.8) is 0 Å². The maximum absolute atomic E-state index is 5.56. The molecule has 0 bridgehead atoms. The van der Waals surface area contributed by atoms with Crippen molar-refractivity contribution in [1.82, 2.24) is 0 Å². The van der Waals surface area contributed by atoms with E-state index in [4.69, 9.17) is 23.2 Å². The van der Waals surface area contributed by atoms with E-state index < -0.39 is 0 Å². The third-order valence-electron chi connectivity index (χ3n) is 0.787. The molecule has 0 radical (unpaired) electrons. The van der Waals surface area contributed by atoms with Crippen LogP contribution in [0.1, 0.15) is 0 Å². The third kappa shape index (κ3) is 8.11. The number of hydrogen-bond acceptors (Lipinski definition) is 2. The molecule has 0 amide bonds. The van der Waals surface area contributed by atoms with Crippen molar-refractivity contribution in [2.24, 2.45) is 5.90 Å². The first-order valence-electron chi connectivity index (χ1n) is 2.84. The van der Waals surface area contributed by atoms with Crippen molar-refractivity contribution < 1.29 is 4.84 Å². The van der Waals surface area contributed by atoms with Crippen molar-refractivity contribution in [1.29, 1.82) is 0 Å². The van der Waals surface area contributed by atoms with E-state index in [-0.39, 0.29) is 12.4 Å². The summed E-state index contributed by atoms with van der Waals surface area (Å²) in [4.78, 5) is 3.75. The Morgan fingerprint density at radius 2 is 1.58 bits per heavy atom. The van der Waals surface area contributed by atoms with Crippen LogP contribution in [0, 0.1) is 0 Å². The number of hydrogen-bond donors (Lipinski definition) is 1. The average Bonchev–Trinajstić information content (AvgIpc) is 1.88. The molecule has 70 valence electrons. The van der Waals surface area contributed by atoms with Gasteiger partial charge in [-0.3, -0.25) is 0 Å². The maximum Gasteiger partial charge on any atom is 0.0569 e. The SMILES string of the molecule is CON.Cl.Clc1cccc(Cl)c1. The topological polar surface area (TPSA) is 35.2 Å². The van der Waals surface area contributed by atoms with E-state index in [1.54, 1.807) is 18.2 Å². The zero-order valence-corrected chi connectivity index (χ0v) is 8.79. The van der Waals surface area contributed by atoms with Crippen LogP contribution in [-0.4, -0.2) is 7.11 Å². The summed E-state index contributed by atoms with van der Waals surface area (Å²) in [5.74, 6) is 4.35. The van der Waals surface area contributed by atoms with Crippen LogP contribution in [0.2, 0.25) is 10.0 Å². The lowest BCUT2D eigenvalue weighted by molar-refractivity contribution is 0.206. The molecular formula is C7H10Cl3NO. The highest BCUT2D eigenvalue weighted by Crippen LogP contribution is 2.13. The van der Waals surface area contributed by atoms with Gasteiger partial charge in [0.1, 0.15) is 0 Å². The van der Waals surface area contributed by atoms with Crippen molar-refractivity contribution >= 4 is 35.6 Å². The monoisotopic (exact) mass is 229 g/mol. The minimum Gasteiger partial charge on any atom is -0.308 e. The molecule has 0 unspecified atom stereocenters. The van der Waals surface area contributed by atoms with Gasteiger partial charge >= 0.3 is 0 Å². The minimum absolute atomic E-state index is 0. The fourth-order valence-electron chi connectivity index (χ4n) is 0.460. The fourth-order valence-corrected chi connectivity index (χ4v) is 0.896. The van der Waals surface area contributed by atoms with Gasteiger partial charge in [0.05, 0.1) is 7.11 Å². The second-order valence-corrected chi connectivity index (χ2v) is 2.55. The standard InChI is InChI=1S/C6H4Cl2.CH5NO.ClH/c7-5-2-1-3-6(8)4-5;1-3-2;/h1-4H;2H2,1H3;1H. The normalized spacial score (nSPS) is 7.67. The number of rotatable bonds is 0. The fraction of sp³-hybridized carbons (Fsp3) is 0.143. The molecule has 0 aliphatic carbocycles. The summed E-state index contributed by atoms with van der Waals surface area (Å²) in [6, 6.07) is 7.08. The lowest BCUT2D eigenvalue weighted by Crippen LogP contribution is -1.86. The Hall–Kier alpha value is 0.01000. The van der Waals surface area contributed by atoms with Crippen LogP contribution < -0.4 is 5.90 Å². The molecule has 0 aliphatic heterocycles. The Morgan fingerprint density at radius 3 is 1.75 bits per heavy atom. The molecule has 12 heavy (non-hydrogen) atoms. The molecule has 0 saturated heterocycles. The lowest BCUT2D eigenvalue weighted by Gasteiger charge is -1.86. The summed E-state index contributed by atoms with van der Waals surface area (Å²) >= 11 is 11.1. The van der Waals surface area contributed by atoms with Crippen LogP contribution in [0.3, 0.4) is 0 Å². The van der Waals surface area contributed by atoms with Crippen LogP contribution in [0.25, 0.3) is 0 Å². The third-order valence-corrected chi connectivity index (χ3v) is 1.26. The molecule has 5 heteroatoms. The van der Waals surface area contributed by atoms with E-state index in [0.717, 1.165) is 0 Å². The van der Waals surface area contributed by atoms with Gasteiger partial charge in [0.15, 0.2) is 0 Å². The van der Waals surface area contributed by atoms with Crippen molar-refractivity contribution in [3.8, 4) is 0 Å². The van der Waals surface area contributed by atoms with E-state index in [1.807, 2.05) is 6.07 Å². The Bertz CT molecular complexity index is 190. The average molecular weight is 231 g/mol. The molecule has 0 heterocycles. The quantitative estimate of drug-likeness (QED) is 0.696. The molecule has 1 aromatic carbocycles. The van der Waals surface area contributed by atoms with Gasteiger partial charge in [0.25, 0.3) is 0 Å². The first kappa shape index (κ1) is 14.5. The minimum atomic E-state index is 0. The molecule has 2 nitrogen and oxygen atoms in total. The summed E-state index contributed by atoms with van der Waals surface area (Å²) in [5.41, 5.74) is 0. The summed E-state index contributed by atoms with van der Waals surface area (Å²) in [7, 11) is 1.40. The smallest absolute Gasteiger partial charge is 0.0569 e. The van der Waals surface area contributed by atoms with E-state index >= 15 is 0 Å².